The zero-order valence-electron chi connectivity index (χ0n) is 8.28. The average Bonchev–Trinajstić information content (AvgIpc) is 2.73. The molecule has 15 heavy (non-hydrogen) atoms. The van der Waals surface area contributed by atoms with Crippen LogP contribution in [0, 0.1) is 0 Å². The summed E-state index contributed by atoms with van der Waals surface area (Å²) in [4.78, 5) is 0. The number of aromatic nitrogens is 5. The molecule has 0 bridgehead atoms. The van der Waals surface area contributed by atoms with E-state index in [9.17, 15) is 0 Å². The first-order chi connectivity index (χ1) is 7.15. The Morgan fingerprint density at radius 1 is 1.33 bits per heavy atom. The average molecular weight is 246 g/mol. The number of hydrogen-bond donors (Lipinski definition) is 0. The SMILES string of the molecule is CCc1nnc(Cl)n1-c1cnn(C)c1Cl. The summed E-state index contributed by atoms with van der Waals surface area (Å²) in [6.07, 6.45) is 2.36. The summed E-state index contributed by atoms with van der Waals surface area (Å²) in [5.74, 6) is 0.759. The Kier molecular flexibility index (Phi) is 2.67. The standard InChI is InChI=1S/C8H9Cl2N5/c1-3-6-12-13-8(10)15(6)5-4-11-14(2)7(5)9/h4H,3H2,1-2H3. The van der Waals surface area contributed by atoms with E-state index in [1.54, 1.807) is 22.5 Å². The lowest BCUT2D eigenvalue weighted by Crippen LogP contribution is -2.00. The molecular formula is C8H9Cl2N5. The maximum Gasteiger partial charge on any atom is 0.229 e. The first kappa shape index (κ1) is 10.4. The van der Waals surface area contributed by atoms with E-state index in [-0.39, 0.29) is 0 Å². The lowest BCUT2D eigenvalue weighted by atomic mass is 10.4. The van der Waals surface area contributed by atoms with Gasteiger partial charge in [-0.25, -0.2) is 0 Å². The van der Waals surface area contributed by atoms with Crippen LogP contribution >= 0.6 is 23.2 Å². The molecule has 0 N–H and O–H groups in total. The molecule has 2 aromatic rings. The molecule has 0 radical (unpaired) electrons. The zero-order chi connectivity index (χ0) is 11.0. The summed E-state index contributed by atoms with van der Waals surface area (Å²) in [6.45, 7) is 1.97. The van der Waals surface area contributed by atoms with Crippen molar-refractivity contribution in [3.63, 3.8) is 0 Å². The lowest BCUT2D eigenvalue weighted by molar-refractivity contribution is 0.767. The molecule has 0 fully saturated rings. The number of nitrogens with zero attached hydrogens (tertiary/aromatic N) is 5. The second kappa shape index (κ2) is 3.83. The van der Waals surface area contributed by atoms with Crippen molar-refractivity contribution in [3.05, 3.63) is 22.5 Å². The highest BCUT2D eigenvalue weighted by Gasteiger charge is 2.15. The lowest BCUT2D eigenvalue weighted by Gasteiger charge is -2.03. The third-order valence-electron chi connectivity index (χ3n) is 2.10. The molecule has 2 aromatic heterocycles. The van der Waals surface area contributed by atoms with E-state index in [1.807, 2.05) is 6.92 Å². The van der Waals surface area contributed by atoms with Gasteiger partial charge in [-0.05, 0) is 11.6 Å². The van der Waals surface area contributed by atoms with E-state index in [1.165, 1.54) is 0 Å². The molecule has 2 heterocycles. The van der Waals surface area contributed by atoms with Gasteiger partial charge in [0.15, 0.2) is 5.15 Å². The van der Waals surface area contributed by atoms with Crippen LogP contribution in [0.5, 0.6) is 0 Å². The largest absolute Gasteiger partial charge is 0.265 e. The molecular weight excluding hydrogens is 237 g/mol. The molecule has 0 atom stereocenters. The van der Waals surface area contributed by atoms with Crippen molar-refractivity contribution >= 4 is 23.2 Å². The van der Waals surface area contributed by atoms with Crippen LogP contribution in [0.1, 0.15) is 12.7 Å². The highest BCUT2D eigenvalue weighted by molar-refractivity contribution is 6.32. The second-order valence-electron chi connectivity index (χ2n) is 3.02. The zero-order valence-corrected chi connectivity index (χ0v) is 9.79. The van der Waals surface area contributed by atoms with Gasteiger partial charge in [0, 0.05) is 13.5 Å². The van der Waals surface area contributed by atoms with Crippen molar-refractivity contribution in [2.45, 2.75) is 13.3 Å². The van der Waals surface area contributed by atoms with Crippen molar-refractivity contribution in [2.75, 3.05) is 0 Å². The van der Waals surface area contributed by atoms with Gasteiger partial charge in [-0.2, -0.15) is 5.10 Å². The van der Waals surface area contributed by atoms with Crippen LogP contribution in [0.15, 0.2) is 6.20 Å². The molecule has 0 aromatic carbocycles. The topological polar surface area (TPSA) is 48.5 Å². The van der Waals surface area contributed by atoms with Gasteiger partial charge in [0.25, 0.3) is 0 Å². The highest BCUT2D eigenvalue weighted by atomic mass is 35.5. The molecule has 0 amide bonds. The molecule has 0 saturated heterocycles. The minimum atomic E-state index is 0.293. The molecule has 0 aliphatic rings. The van der Waals surface area contributed by atoms with Crippen molar-refractivity contribution < 1.29 is 0 Å². The molecule has 0 aliphatic heterocycles. The minimum absolute atomic E-state index is 0.293. The van der Waals surface area contributed by atoms with Crippen LogP contribution in [0.4, 0.5) is 0 Å². The Balaban J connectivity index is 2.62. The third-order valence-corrected chi connectivity index (χ3v) is 2.78. The van der Waals surface area contributed by atoms with Gasteiger partial charge in [0.2, 0.25) is 5.28 Å². The first-order valence-corrected chi connectivity index (χ1v) is 5.18. The Morgan fingerprint density at radius 2 is 2.07 bits per heavy atom. The summed E-state index contributed by atoms with van der Waals surface area (Å²) in [5.41, 5.74) is 0.700. The summed E-state index contributed by atoms with van der Waals surface area (Å²) in [5, 5.41) is 12.6. The van der Waals surface area contributed by atoms with Gasteiger partial charge < -0.3 is 0 Å². The van der Waals surface area contributed by atoms with Gasteiger partial charge in [0.05, 0.1) is 6.20 Å². The van der Waals surface area contributed by atoms with Gasteiger partial charge in [-0.3, -0.25) is 9.25 Å². The number of hydrogen-bond acceptors (Lipinski definition) is 3. The summed E-state index contributed by atoms with van der Waals surface area (Å²) < 4.78 is 3.25. The van der Waals surface area contributed by atoms with Gasteiger partial charge in [0.1, 0.15) is 11.5 Å². The van der Waals surface area contributed by atoms with E-state index in [4.69, 9.17) is 23.2 Å². The van der Waals surface area contributed by atoms with E-state index < -0.39 is 0 Å². The maximum atomic E-state index is 6.07. The molecule has 7 heteroatoms. The predicted octanol–water partition coefficient (Wildman–Crippen LogP) is 1.87. The fourth-order valence-electron chi connectivity index (χ4n) is 1.32. The maximum absolute atomic E-state index is 6.07. The van der Waals surface area contributed by atoms with Gasteiger partial charge in [-0.1, -0.05) is 18.5 Å². The van der Waals surface area contributed by atoms with E-state index in [0.717, 1.165) is 12.2 Å². The molecule has 0 saturated carbocycles. The van der Waals surface area contributed by atoms with E-state index in [0.29, 0.717) is 16.1 Å². The minimum Gasteiger partial charge on any atom is -0.265 e. The van der Waals surface area contributed by atoms with Crippen LogP contribution in [0.25, 0.3) is 5.69 Å². The first-order valence-electron chi connectivity index (χ1n) is 4.42. The molecule has 5 nitrogen and oxygen atoms in total. The molecule has 0 aliphatic carbocycles. The van der Waals surface area contributed by atoms with Crippen molar-refractivity contribution in [1.82, 2.24) is 24.5 Å². The predicted molar refractivity (Wildman–Crippen MR) is 57.5 cm³/mol. The van der Waals surface area contributed by atoms with Crippen molar-refractivity contribution in [2.24, 2.45) is 7.05 Å². The van der Waals surface area contributed by atoms with E-state index in [2.05, 4.69) is 15.3 Å². The summed E-state index contributed by atoms with van der Waals surface area (Å²) in [6, 6.07) is 0. The fraction of sp³-hybridized carbons (Fsp3) is 0.375. The van der Waals surface area contributed by atoms with Crippen LogP contribution in [0.3, 0.4) is 0 Å². The summed E-state index contributed by atoms with van der Waals surface area (Å²) >= 11 is 12.0. The second-order valence-corrected chi connectivity index (χ2v) is 3.71. The molecule has 80 valence electrons. The summed E-state index contributed by atoms with van der Waals surface area (Å²) in [7, 11) is 1.76. The van der Waals surface area contributed by atoms with Crippen LogP contribution in [-0.2, 0) is 13.5 Å². The monoisotopic (exact) mass is 245 g/mol. The molecule has 0 spiro atoms. The molecule has 0 unspecified atom stereocenters. The Morgan fingerprint density at radius 3 is 2.60 bits per heavy atom. The van der Waals surface area contributed by atoms with E-state index >= 15 is 0 Å². The Labute approximate surface area is 96.6 Å². The normalized spacial score (nSPS) is 10.9. The fourth-order valence-corrected chi connectivity index (χ4v) is 1.73. The van der Waals surface area contributed by atoms with Crippen LogP contribution < -0.4 is 0 Å². The van der Waals surface area contributed by atoms with Crippen molar-refractivity contribution in [3.8, 4) is 5.69 Å². The third kappa shape index (κ3) is 1.61. The number of halogens is 2. The Bertz CT molecular complexity index is 487. The van der Waals surface area contributed by atoms with Crippen LogP contribution in [0.2, 0.25) is 10.4 Å². The van der Waals surface area contributed by atoms with Crippen LogP contribution in [-0.4, -0.2) is 24.5 Å². The molecule has 2 rings (SSSR count). The number of rotatable bonds is 2. The quantitative estimate of drug-likeness (QED) is 0.812. The number of aryl methyl sites for hydroxylation is 2. The Hall–Kier alpha value is -1.07. The highest BCUT2D eigenvalue weighted by Crippen LogP contribution is 2.23. The smallest absolute Gasteiger partial charge is 0.229 e. The van der Waals surface area contributed by atoms with Crippen molar-refractivity contribution in [1.29, 1.82) is 0 Å². The van der Waals surface area contributed by atoms with Gasteiger partial charge in [-0.15, -0.1) is 10.2 Å². The van der Waals surface area contributed by atoms with Gasteiger partial charge >= 0.3 is 0 Å².